The average Bonchev–Trinajstić information content (AvgIpc) is 2.46. The van der Waals surface area contributed by atoms with E-state index in [2.05, 4.69) is 5.92 Å². The molecule has 1 nitrogen and oxygen atoms in total. The van der Waals surface area contributed by atoms with Gasteiger partial charge in [0, 0.05) is 18.8 Å². The number of terminal acetylenes is 1. The van der Waals surface area contributed by atoms with Crippen LogP contribution >= 0.6 is 0 Å². The van der Waals surface area contributed by atoms with Crippen molar-refractivity contribution >= 4 is 5.78 Å². The summed E-state index contributed by atoms with van der Waals surface area (Å²) in [7, 11) is 0. The molecule has 78 valence electrons. The van der Waals surface area contributed by atoms with Gasteiger partial charge in [-0.05, 0) is 19.3 Å². The molecule has 0 heterocycles. The number of ketones is 1. The molecule has 1 aliphatic carbocycles. The third kappa shape index (κ3) is 3.96. The second-order valence-corrected chi connectivity index (χ2v) is 4.21. The van der Waals surface area contributed by atoms with Crippen molar-refractivity contribution in [1.82, 2.24) is 0 Å². The minimum atomic E-state index is 0.357. The summed E-state index contributed by atoms with van der Waals surface area (Å²) in [5, 5.41) is 0. The lowest BCUT2D eigenvalue weighted by Gasteiger charge is -2.11. The molecule has 0 aromatic rings. The Hall–Kier alpha value is -0.770. The Morgan fingerprint density at radius 2 is 1.86 bits per heavy atom. The Kier molecular flexibility index (Phi) is 5.37. The smallest absolute Gasteiger partial charge is 0.136 e. The SMILES string of the molecule is C#CCCCC(=O)C1CCCCCC1. The summed E-state index contributed by atoms with van der Waals surface area (Å²) in [6.07, 6.45) is 14.8. The monoisotopic (exact) mass is 192 g/mol. The molecule has 0 unspecified atom stereocenters. The van der Waals surface area contributed by atoms with Gasteiger partial charge in [-0.25, -0.2) is 0 Å². The molecule has 0 saturated heterocycles. The fourth-order valence-corrected chi connectivity index (χ4v) is 2.17. The Labute approximate surface area is 87.3 Å². The zero-order valence-corrected chi connectivity index (χ0v) is 8.93. The van der Waals surface area contributed by atoms with Gasteiger partial charge in [0.1, 0.15) is 5.78 Å². The summed E-state index contributed by atoms with van der Waals surface area (Å²) in [6.45, 7) is 0. The quantitative estimate of drug-likeness (QED) is 0.379. The van der Waals surface area contributed by atoms with E-state index in [0.29, 0.717) is 18.1 Å². The van der Waals surface area contributed by atoms with Crippen molar-refractivity contribution in [3.8, 4) is 12.3 Å². The van der Waals surface area contributed by atoms with E-state index in [1.54, 1.807) is 0 Å². The highest BCUT2D eigenvalue weighted by molar-refractivity contribution is 5.80. The first-order valence-electron chi connectivity index (χ1n) is 5.81. The van der Waals surface area contributed by atoms with Gasteiger partial charge < -0.3 is 0 Å². The maximum Gasteiger partial charge on any atom is 0.136 e. The van der Waals surface area contributed by atoms with E-state index in [9.17, 15) is 4.79 Å². The number of hydrogen-bond donors (Lipinski definition) is 0. The van der Waals surface area contributed by atoms with Crippen LogP contribution in [0.15, 0.2) is 0 Å². The second-order valence-electron chi connectivity index (χ2n) is 4.21. The number of carbonyl (C=O) groups is 1. The van der Waals surface area contributed by atoms with E-state index >= 15 is 0 Å². The van der Waals surface area contributed by atoms with Crippen molar-refractivity contribution in [2.45, 2.75) is 57.8 Å². The molecular formula is C13H20O. The van der Waals surface area contributed by atoms with Crippen LogP contribution in [0, 0.1) is 18.3 Å². The van der Waals surface area contributed by atoms with Gasteiger partial charge in [-0.2, -0.15) is 0 Å². The van der Waals surface area contributed by atoms with E-state index in [0.717, 1.165) is 25.7 Å². The van der Waals surface area contributed by atoms with Crippen LogP contribution in [0.4, 0.5) is 0 Å². The van der Waals surface area contributed by atoms with Crippen LogP contribution in [-0.4, -0.2) is 5.78 Å². The largest absolute Gasteiger partial charge is 0.299 e. The molecule has 0 amide bonds. The Bertz CT molecular complexity index is 204. The highest BCUT2D eigenvalue weighted by atomic mass is 16.1. The molecule has 0 N–H and O–H groups in total. The molecule has 0 atom stereocenters. The molecule has 1 fully saturated rings. The van der Waals surface area contributed by atoms with E-state index < -0.39 is 0 Å². The summed E-state index contributed by atoms with van der Waals surface area (Å²) in [5.74, 6) is 3.40. The van der Waals surface area contributed by atoms with Crippen molar-refractivity contribution in [3.05, 3.63) is 0 Å². The van der Waals surface area contributed by atoms with E-state index in [-0.39, 0.29) is 0 Å². The van der Waals surface area contributed by atoms with Crippen molar-refractivity contribution < 1.29 is 4.79 Å². The molecule has 0 aromatic carbocycles. The topological polar surface area (TPSA) is 17.1 Å². The van der Waals surface area contributed by atoms with E-state index in [1.165, 1.54) is 25.7 Å². The highest BCUT2D eigenvalue weighted by Crippen LogP contribution is 2.24. The summed E-state index contributed by atoms with van der Waals surface area (Å²) < 4.78 is 0. The first kappa shape index (κ1) is 11.3. The van der Waals surface area contributed by atoms with E-state index in [1.807, 2.05) is 0 Å². The third-order valence-corrected chi connectivity index (χ3v) is 3.05. The van der Waals surface area contributed by atoms with Gasteiger partial charge in [0.05, 0.1) is 0 Å². The van der Waals surface area contributed by atoms with Crippen LogP contribution in [0.25, 0.3) is 0 Å². The van der Waals surface area contributed by atoms with Gasteiger partial charge in [0.25, 0.3) is 0 Å². The Balaban J connectivity index is 2.24. The lowest BCUT2D eigenvalue weighted by molar-refractivity contribution is -0.123. The van der Waals surface area contributed by atoms with Crippen LogP contribution in [-0.2, 0) is 4.79 Å². The molecule has 1 aliphatic rings. The van der Waals surface area contributed by atoms with Crippen LogP contribution in [0.1, 0.15) is 57.8 Å². The van der Waals surface area contributed by atoms with Gasteiger partial charge in [0.2, 0.25) is 0 Å². The lowest BCUT2D eigenvalue weighted by atomic mass is 9.92. The Morgan fingerprint density at radius 1 is 1.21 bits per heavy atom. The number of hydrogen-bond acceptors (Lipinski definition) is 1. The highest BCUT2D eigenvalue weighted by Gasteiger charge is 2.18. The summed E-state index contributed by atoms with van der Waals surface area (Å²) in [5.41, 5.74) is 0. The first-order chi connectivity index (χ1) is 6.84. The zero-order valence-electron chi connectivity index (χ0n) is 8.93. The van der Waals surface area contributed by atoms with Crippen LogP contribution in [0.2, 0.25) is 0 Å². The predicted octanol–water partition coefficient (Wildman–Crippen LogP) is 3.33. The maximum atomic E-state index is 11.8. The third-order valence-electron chi connectivity index (χ3n) is 3.05. The van der Waals surface area contributed by atoms with Gasteiger partial charge >= 0.3 is 0 Å². The van der Waals surface area contributed by atoms with Gasteiger partial charge in [-0.15, -0.1) is 12.3 Å². The van der Waals surface area contributed by atoms with Crippen LogP contribution in [0.5, 0.6) is 0 Å². The first-order valence-corrected chi connectivity index (χ1v) is 5.81. The molecule has 1 heteroatoms. The average molecular weight is 192 g/mol. The van der Waals surface area contributed by atoms with Crippen molar-refractivity contribution in [3.63, 3.8) is 0 Å². The second kappa shape index (κ2) is 6.65. The number of carbonyl (C=O) groups excluding carboxylic acids is 1. The van der Waals surface area contributed by atoms with Crippen molar-refractivity contribution in [1.29, 1.82) is 0 Å². The molecule has 1 rings (SSSR count). The minimum absolute atomic E-state index is 0.357. The molecule has 0 spiro atoms. The molecule has 1 saturated carbocycles. The molecule has 0 bridgehead atoms. The predicted molar refractivity (Wildman–Crippen MR) is 58.9 cm³/mol. The van der Waals surface area contributed by atoms with Crippen LogP contribution < -0.4 is 0 Å². The van der Waals surface area contributed by atoms with Crippen molar-refractivity contribution in [2.75, 3.05) is 0 Å². The van der Waals surface area contributed by atoms with Crippen molar-refractivity contribution in [2.24, 2.45) is 5.92 Å². The lowest BCUT2D eigenvalue weighted by Crippen LogP contribution is -2.13. The van der Waals surface area contributed by atoms with Gasteiger partial charge in [-0.1, -0.05) is 25.7 Å². The fourth-order valence-electron chi connectivity index (χ4n) is 2.17. The molecular weight excluding hydrogens is 172 g/mol. The number of Topliss-reactive ketones (excluding diaryl/α,β-unsaturated/α-hetero) is 1. The molecule has 0 radical (unpaired) electrons. The summed E-state index contributed by atoms with van der Waals surface area (Å²) in [4.78, 5) is 11.8. The fraction of sp³-hybridized carbons (Fsp3) is 0.769. The summed E-state index contributed by atoms with van der Waals surface area (Å²) >= 11 is 0. The number of rotatable bonds is 4. The molecule has 14 heavy (non-hydrogen) atoms. The summed E-state index contributed by atoms with van der Waals surface area (Å²) in [6, 6.07) is 0. The van der Waals surface area contributed by atoms with Gasteiger partial charge in [-0.3, -0.25) is 4.79 Å². The standard InChI is InChI=1S/C13H20O/c1-2-3-6-11-13(14)12-9-7-4-5-8-10-12/h1,12H,3-11H2. The Morgan fingerprint density at radius 3 is 2.43 bits per heavy atom. The molecule has 0 aromatic heterocycles. The normalized spacial score (nSPS) is 18.5. The molecule has 0 aliphatic heterocycles. The number of unbranched alkanes of at least 4 members (excludes halogenated alkanes) is 1. The maximum absolute atomic E-state index is 11.8. The van der Waals surface area contributed by atoms with Gasteiger partial charge in [0.15, 0.2) is 0 Å². The van der Waals surface area contributed by atoms with Crippen LogP contribution in [0.3, 0.4) is 0 Å². The van der Waals surface area contributed by atoms with E-state index in [4.69, 9.17) is 6.42 Å². The minimum Gasteiger partial charge on any atom is -0.299 e. The zero-order chi connectivity index (χ0) is 10.2.